The molecule has 1 N–H and O–H groups in total. The van der Waals surface area contributed by atoms with Crippen LogP contribution in [0.3, 0.4) is 0 Å². The molecule has 0 radical (unpaired) electrons. The lowest BCUT2D eigenvalue weighted by Gasteiger charge is -2.16. The van der Waals surface area contributed by atoms with Crippen LogP contribution in [0.1, 0.15) is 45.4 Å². The lowest BCUT2D eigenvalue weighted by molar-refractivity contribution is -0.125. The van der Waals surface area contributed by atoms with Crippen molar-refractivity contribution in [3.8, 4) is 0 Å². The van der Waals surface area contributed by atoms with Crippen molar-refractivity contribution in [3.63, 3.8) is 0 Å². The van der Waals surface area contributed by atoms with Crippen LogP contribution < -0.4 is 5.32 Å². The van der Waals surface area contributed by atoms with Gasteiger partial charge in [-0.2, -0.15) is 0 Å². The van der Waals surface area contributed by atoms with Crippen molar-refractivity contribution in [3.05, 3.63) is 0 Å². The quantitative estimate of drug-likeness (QED) is 0.648. The van der Waals surface area contributed by atoms with Crippen LogP contribution in [-0.2, 0) is 4.79 Å². The predicted octanol–water partition coefficient (Wildman–Crippen LogP) is 2.29. The van der Waals surface area contributed by atoms with Gasteiger partial charge in [-0.05, 0) is 19.3 Å². The summed E-state index contributed by atoms with van der Waals surface area (Å²) in [6.45, 7) is 2.10. The molecule has 1 aliphatic rings. The molecule has 0 aromatic carbocycles. The second-order valence-electron chi connectivity index (χ2n) is 3.86. The number of rotatable bonds is 1. The number of carbonyl (C=O) groups excluding carboxylic acids is 1. The Labute approximate surface area is 83.1 Å². The molecule has 1 amide bonds. The number of hydrogen-bond acceptors (Lipinski definition) is 1. The van der Waals surface area contributed by atoms with E-state index in [0.29, 0.717) is 5.78 Å². The van der Waals surface area contributed by atoms with Gasteiger partial charge in [-0.25, -0.2) is 0 Å². The third-order valence-electron chi connectivity index (χ3n) is 2.76. The normalized spacial score (nSPS) is 31.4. The minimum atomic E-state index is 0.251. The Morgan fingerprint density at radius 2 is 2.08 bits per heavy atom. The Bertz CT molecular complexity index is 172. The maximum absolute atomic E-state index is 11.6. The van der Waals surface area contributed by atoms with E-state index in [1.165, 1.54) is 19.3 Å². The molecule has 1 heterocycles. The summed E-state index contributed by atoms with van der Waals surface area (Å²) in [6, 6.07) is 0. The molecule has 3 heteroatoms. The van der Waals surface area contributed by atoms with Crippen LogP contribution in [0.2, 0.25) is 0 Å². The average molecular weight is 201 g/mol. The Morgan fingerprint density at radius 1 is 1.38 bits per heavy atom. The highest BCUT2D eigenvalue weighted by Crippen LogP contribution is 2.19. The van der Waals surface area contributed by atoms with E-state index >= 15 is 0 Å². The van der Waals surface area contributed by atoms with Crippen molar-refractivity contribution in [1.82, 2.24) is 5.32 Å². The third-order valence-corrected chi connectivity index (χ3v) is 3.26. The van der Waals surface area contributed by atoms with Crippen molar-refractivity contribution in [2.75, 3.05) is 0 Å². The maximum Gasteiger partial charge on any atom is 0.223 e. The van der Waals surface area contributed by atoms with Crippen LogP contribution >= 0.6 is 9.24 Å². The monoisotopic (exact) mass is 201 g/mol. The third kappa shape index (κ3) is 3.64. The number of carbonyl (C=O) groups is 1. The molecule has 0 aliphatic carbocycles. The van der Waals surface area contributed by atoms with Gasteiger partial charge in [0.25, 0.3) is 0 Å². The fraction of sp³-hybridized carbons (Fsp3) is 0.900. The topological polar surface area (TPSA) is 29.1 Å². The molecule has 2 nitrogen and oxygen atoms in total. The van der Waals surface area contributed by atoms with Gasteiger partial charge in [0.1, 0.15) is 0 Å². The summed E-state index contributed by atoms with van der Waals surface area (Å²) in [7, 11) is 2.71. The van der Waals surface area contributed by atoms with Crippen molar-refractivity contribution in [2.45, 2.75) is 51.2 Å². The molecule has 3 atom stereocenters. The molecule has 0 aromatic heterocycles. The van der Waals surface area contributed by atoms with E-state index in [1.54, 1.807) is 0 Å². The van der Waals surface area contributed by atoms with Crippen molar-refractivity contribution < 1.29 is 4.79 Å². The summed E-state index contributed by atoms with van der Waals surface area (Å²) in [5.41, 5.74) is 0. The van der Waals surface area contributed by atoms with E-state index in [0.717, 1.165) is 19.3 Å². The first kappa shape index (κ1) is 11.0. The van der Waals surface area contributed by atoms with Crippen molar-refractivity contribution >= 4 is 15.1 Å². The van der Waals surface area contributed by atoms with Gasteiger partial charge in [-0.1, -0.05) is 26.2 Å². The summed E-state index contributed by atoms with van der Waals surface area (Å²) < 4.78 is 0. The number of amides is 1. The molecule has 0 bridgehead atoms. The first-order valence-corrected chi connectivity index (χ1v) is 5.96. The lowest BCUT2D eigenvalue weighted by Crippen LogP contribution is -2.34. The van der Waals surface area contributed by atoms with Gasteiger partial charge in [-0.3, -0.25) is 4.79 Å². The van der Waals surface area contributed by atoms with Gasteiger partial charge >= 0.3 is 0 Å². The SMILES string of the molecule is CCC1CCCCCC(P)NC1=O. The molecular weight excluding hydrogens is 181 g/mol. The van der Waals surface area contributed by atoms with Gasteiger partial charge in [0, 0.05) is 11.7 Å². The smallest absolute Gasteiger partial charge is 0.223 e. The van der Waals surface area contributed by atoms with Crippen molar-refractivity contribution in [2.24, 2.45) is 5.92 Å². The van der Waals surface area contributed by atoms with Crippen LogP contribution in [0.5, 0.6) is 0 Å². The fourth-order valence-electron chi connectivity index (χ4n) is 1.83. The molecule has 0 saturated carbocycles. The summed E-state index contributed by atoms with van der Waals surface area (Å²) in [5, 5.41) is 3.05. The van der Waals surface area contributed by atoms with Crippen LogP contribution in [-0.4, -0.2) is 11.7 Å². The average Bonchev–Trinajstić information content (AvgIpc) is 2.16. The Balaban J connectivity index is 2.50. The zero-order valence-electron chi connectivity index (χ0n) is 8.38. The second kappa shape index (κ2) is 5.59. The summed E-state index contributed by atoms with van der Waals surface area (Å²) in [5.74, 6) is 0.796. The molecule has 76 valence electrons. The van der Waals surface area contributed by atoms with E-state index in [-0.39, 0.29) is 11.8 Å². The molecule has 0 aromatic rings. The Kier molecular flexibility index (Phi) is 4.72. The summed E-state index contributed by atoms with van der Waals surface area (Å²) in [4.78, 5) is 11.6. The molecule has 1 aliphatic heterocycles. The zero-order chi connectivity index (χ0) is 9.68. The lowest BCUT2D eigenvalue weighted by atomic mass is 9.98. The fourth-order valence-corrected chi connectivity index (χ4v) is 2.23. The molecule has 1 rings (SSSR count). The largest absolute Gasteiger partial charge is 0.350 e. The van der Waals surface area contributed by atoms with E-state index in [4.69, 9.17) is 0 Å². The van der Waals surface area contributed by atoms with E-state index in [1.807, 2.05) is 0 Å². The molecule has 1 saturated heterocycles. The standard InChI is InChI=1S/C10H20NOP/c1-2-8-6-4-3-5-7-9(13)11-10(8)12/h8-9H,2-7,13H2,1H3,(H,11,12). The van der Waals surface area contributed by atoms with Crippen LogP contribution in [0.15, 0.2) is 0 Å². The maximum atomic E-state index is 11.6. The van der Waals surface area contributed by atoms with Crippen LogP contribution in [0, 0.1) is 5.92 Å². The molecular formula is C10H20NOP. The molecule has 1 fully saturated rings. The highest BCUT2D eigenvalue weighted by molar-refractivity contribution is 7.17. The van der Waals surface area contributed by atoms with Gasteiger partial charge < -0.3 is 5.32 Å². The van der Waals surface area contributed by atoms with Gasteiger partial charge in [0.2, 0.25) is 5.91 Å². The Morgan fingerprint density at radius 3 is 2.77 bits per heavy atom. The Hall–Kier alpha value is -0.100. The summed E-state index contributed by atoms with van der Waals surface area (Å²) >= 11 is 0. The molecule has 13 heavy (non-hydrogen) atoms. The number of nitrogens with one attached hydrogen (secondary N) is 1. The van der Waals surface area contributed by atoms with E-state index in [2.05, 4.69) is 21.5 Å². The zero-order valence-corrected chi connectivity index (χ0v) is 9.54. The second-order valence-corrected chi connectivity index (χ2v) is 4.66. The van der Waals surface area contributed by atoms with E-state index in [9.17, 15) is 4.79 Å². The first-order chi connectivity index (χ1) is 6.24. The minimum absolute atomic E-state index is 0.251. The van der Waals surface area contributed by atoms with Gasteiger partial charge in [0.05, 0.1) is 0 Å². The van der Waals surface area contributed by atoms with Gasteiger partial charge in [-0.15, -0.1) is 9.24 Å². The van der Waals surface area contributed by atoms with Crippen LogP contribution in [0.4, 0.5) is 0 Å². The first-order valence-electron chi connectivity index (χ1n) is 5.30. The number of hydrogen-bond donors (Lipinski definition) is 1. The summed E-state index contributed by atoms with van der Waals surface area (Å²) in [6.07, 6.45) is 6.88. The van der Waals surface area contributed by atoms with Crippen LogP contribution in [0.25, 0.3) is 0 Å². The van der Waals surface area contributed by atoms with E-state index < -0.39 is 0 Å². The highest BCUT2D eigenvalue weighted by atomic mass is 31.0. The highest BCUT2D eigenvalue weighted by Gasteiger charge is 2.19. The molecule has 3 unspecified atom stereocenters. The predicted molar refractivity (Wildman–Crippen MR) is 58.5 cm³/mol. The van der Waals surface area contributed by atoms with Gasteiger partial charge in [0.15, 0.2) is 0 Å². The van der Waals surface area contributed by atoms with Crippen molar-refractivity contribution in [1.29, 1.82) is 0 Å². The molecule has 0 spiro atoms. The minimum Gasteiger partial charge on any atom is -0.350 e.